The smallest absolute Gasteiger partial charge is 0.246 e. The van der Waals surface area contributed by atoms with Crippen LogP contribution in [0.2, 0.25) is 0 Å². The molecule has 13 heteroatoms. The van der Waals surface area contributed by atoms with Gasteiger partial charge >= 0.3 is 0 Å². The summed E-state index contributed by atoms with van der Waals surface area (Å²) in [7, 11) is 0. The third-order valence-corrected chi connectivity index (χ3v) is 12.6. The van der Waals surface area contributed by atoms with Gasteiger partial charge in [0.2, 0.25) is 11.8 Å². The number of thiazole rings is 2. The predicted octanol–water partition coefficient (Wildman–Crippen LogP) is 8.77. The molecular weight excluding hydrogens is 739 g/mol. The molecule has 3 aliphatic heterocycles. The second kappa shape index (κ2) is 16.5. The molecule has 0 unspecified atom stereocenters. The van der Waals surface area contributed by atoms with Crippen molar-refractivity contribution in [3.63, 3.8) is 0 Å². The summed E-state index contributed by atoms with van der Waals surface area (Å²) < 4.78 is 0. The van der Waals surface area contributed by atoms with E-state index in [0.29, 0.717) is 6.54 Å². The average molecular weight is 788 g/mol. The Balaban J connectivity index is 0.885. The Morgan fingerprint density at radius 3 is 1.77 bits per heavy atom. The number of allylic oxidation sites excluding steroid dienone is 1. The van der Waals surface area contributed by atoms with Crippen LogP contribution in [0.3, 0.4) is 0 Å². The fourth-order valence-electron chi connectivity index (χ4n) is 8.13. The molecule has 2 amide bonds. The van der Waals surface area contributed by atoms with Gasteiger partial charge in [-0.25, -0.2) is 15.0 Å². The number of amides is 2. The highest BCUT2D eigenvalue weighted by atomic mass is 32.1. The molecule has 290 valence electrons. The second-order valence-electron chi connectivity index (χ2n) is 15.6. The average Bonchev–Trinajstić information content (AvgIpc) is 4.06. The third-order valence-electron chi connectivity index (χ3n) is 11.2. The number of benzene rings is 2. The van der Waals surface area contributed by atoms with E-state index in [9.17, 15) is 9.59 Å². The van der Waals surface area contributed by atoms with Crippen LogP contribution in [0, 0.1) is 11.8 Å². The van der Waals surface area contributed by atoms with Crippen LogP contribution in [0.5, 0.6) is 0 Å². The normalized spacial score (nSPS) is 19.4. The fourth-order valence-corrected chi connectivity index (χ4v) is 9.27. The number of aromatic nitrogens is 4. The summed E-state index contributed by atoms with van der Waals surface area (Å²) in [6, 6.07) is 16.5. The summed E-state index contributed by atoms with van der Waals surface area (Å²) in [5.74, 6) is 1.29. The molecule has 2 saturated heterocycles. The van der Waals surface area contributed by atoms with Gasteiger partial charge in [0, 0.05) is 54.6 Å². The van der Waals surface area contributed by atoms with Gasteiger partial charge in [-0.1, -0.05) is 76.2 Å². The number of aromatic amines is 1. The number of H-pyrrole nitrogens is 1. The van der Waals surface area contributed by atoms with Crippen molar-refractivity contribution in [2.24, 2.45) is 16.8 Å². The van der Waals surface area contributed by atoms with Crippen molar-refractivity contribution >= 4 is 56.0 Å². The number of hydrogen-bond donors (Lipinski definition) is 3. The van der Waals surface area contributed by atoms with Crippen molar-refractivity contribution < 1.29 is 9.59 Å². The molecule has 0 aliphatic carbocycles. The lowest BCUT2D eigenvalue weighted by Gasteiger charge is -2.31. The Labute approximate surface area is 336 Å². The quantitative estimate of drug-likeness (QED) is 0.109. The SMILES string of the molecule is CC(C)[C@H](Nc1nccs1)C(=O)N1CCC[C@H]1C1=NC=C(c2ccc(-c3ccc(-c4cnc([C@@H]5CCCN5C(=O)[C@@H](Nc5nccs5)C(C)C)[nH]4)cc3)cc2)C1. The van der Waals surface area contributed by atoms with Gasteiger partial charge in [-0.3, -0.25) is 14.6 Å². The molecule has 6 heterocycles. The summed E-state index contributed by atoms with van der Waals surface area (Å²) in [5, 5.41) is 12.1. The summed E-state index contributed by atoms with van der Waals surface area (Å²) in [4.78, 5) is 53.5. The highest BCUT2D eigenvalue weighted by Gasteiger charge is 2.39. The fraction of sp³-hybridized carbons (Fsp3) is 0.395. The maximum Gasteiger partial charge on any atom is 0.246 e. The number of hydrogen-bond acceptors (Lipinski definition) is 10. The van der Waals surface area contributed by atoms with Crippen molar-refractivity contribution in [1.29, 1.82) is 0 Å². The monoisotopic (exact) mass is 787 g/mol. The zero-order valence-electron chi connectivity index (χ0n) is 32.3. The highest BCUT2D eigenvalue weighted by molar-refractivity contribution is 7.13. The minimum Gasteiger partial charge on any atom is -0.350 e. The minimum atomic E-state index is -0.348. The van der Waals surface area contributed by atoms with Crippen LogP contribution in [0.25, 0.3) is 28.0 Å². The Kier molecular flexibility index (Phi) is 11.1. The Morgan fingerprint density at radius 2 is 1.23 bits per heavy atom. The summed E-state index contributed by atoms with van der Waals surface area (Å²) in [5.41, 5.74) is 7.64. The van der Waals surface area contributed by atoms with Gasteiger partial charge in [-0.05, 0) is 65.3 Å². The van der Waals surface area contributed by atoms with E-state index in [1.54, 1.807) is 12.4 Å². The summed E-state index contributed by atoms with van der Waals surface area (Å²) >= 11 is 3.02. The Morgan fingerprint density at radius 1 is 0.714 bits per heavy atom. The molecule has 0 spiro atoms. The molecule has 5 aromatic rings. The molecule has 11 nitrogen and oxygen atoms in total. The van der Waals surface area contributed by atoms with Crippen LogP contribution in [-0.4, -0.2) is 78.5 Å². The first kappa shape index (κ1) is 37.8. The molecule has 0 bridgehead atoms. The number of carbonyl (C=O) groups excluding carboxylic acids is 2. The van der Waals surface area contributed by atoms with E-state index < -0.39 is 0 Å². The van der Waals surface area contributed by atoms with Crippen LogP contribution in [0.4, 0.5) is 10.3 Å². The van der Waals surface area contributed by atoms with E-state index >= 15 is 0 Å². The van der Waals surface area contributed by atoms with Crippen molar-refractivity contribution in [2.45, 2.75) is 84.0 Å². The first-order valence-electron chi connectivity index (χ1n) is 19.7. The van der Waals surface area contributed by atoms with Gasteiger partial charge in [-0.15, -0.1) is 22.7 Å². The number of rotatable bonds is 13. The molecule has 2 aromatic carbocycles. The summed E-state index contributed by atoms with van der Waals surface area (Å²) in [6.07, 6.45) is 11.9. The molecule has 56 heavy (non-hydrogen) atoms. The molecule has 3 aromatic heterocycles. The first-order chi connectivity index (χ1) is 27.2. The molecule has 3 aliphatic rings. The second-order valence-corrected chi connectivity index (χ2v) is 17.4. The number of nitrogens with zero attached hydrogens (tertiary/aromatic N) is 6. The van der Waals surface area contributed by atoms with Crippen molar-refractivity contribution in [3.05, 3.63) is 95.5 Å². The number of anilines is 2. The van der Waals surface area contributed by atoms with E-state index in [-0.39, 0.29) is 47.8 Å². The standard InChI is InChI=1S/C43H49N9O2S2/c1-26(2)37(49-42-44-17-21-55-42)40(53)51-19-5-7-35(51)33-23-32(24-46-33)30-11-9-28(10-12-30)29-13-15-31(16-14-29)34-25-47-39(48-34)36-8-6-20-52(36)41(54)38(27(3)4)50-43-45-18-22-56-43/h9-18,21-22,24-27,35-38H,5-8,19-20,23H2,1-4H3,(H,44,49)(H,45,50)(H,47,48)/t35-,36-,37-,38-/m0/s1. The molecular formula is C43H49N9O2S2. The van der Waals surface area contributed by atoms with Crippen molar-refractivity contribution in [1.82, 2.24) is 29.7 Å². The zero-order valence-corrected chi connectivity index (χ0v) is 33.9. The van der Waals surface area contributed by atoms with E-state index in [4.69, 9.17) is 9.98 Å². The minimum absolute atomic E-state index is 0.0211. The summed E-state index contributed by atoms with van der Waals surface area (Å²) in [6.45, 7) is 9.76. The van der Waals surface area contributed by atoms with Crippen LogP contribution in [0.15, 0.2) is 89.1 Å². The third kappa shape index (κ3) is 7.92. The van der Waals surface area contributed by atoms with Gasteiger partial charge in [0.15, 0.2) is 10.3 Å². The number of nitrogens with one attached hydrogen (secondary N) is 3. The van der Waals surface area contributed by atoms with E-state index in [1.807, 2.05) is 33.0 Å². The van der Waals surface area contributed by atoms with Gasteiger partial charge in [0.1, 0.15) is 17.9 Å². The van der Waals surface area contributed by atoms with Gasteiger partial charge in [0.05, 0.1) is 24.0 Å². The molecule has 4 atom stereocenters. The van der Waals surface area contributed by atoms with Crippen molar-refractivity contribution in [3.8, 4) is 22.4 Å². The molecule has 8 rings (SSSR count). The molecule has 2 fully saturated rings. The van der Waals surface area contributed by atoms with Crippen LogP contribution < -0.4 is 10.6 Å². The molecule has 3 N–H and O–H groups in total. The molecule has 0 saturated carbocycles. The number of likely N-dealkylation sites (tertiary alicyclic amines) is 2. The zero-order chi connectivity index (χ0) is 38.8. The lowest BCUT2D eigenvalue weighted by atomic mass is 9.95. The van der Waals surface area contributed by atoms with Crippen LogP contribution in [-0.2, 0) is 9.59 Å². The van der Waals surface area contributed by atoms with E-state index in [0.717, 1.165) is 88.4 Å². The molecule has 0 radical (unpaired) electrons. The van der Waals surface area contributed by atoms with E-state index in [1.165, 1.54) is 28.2 Å². The van der Waals surface area contributed by atoms with E-state index in [2.05, 4.69) is 102 Å². The predicted molar refractivity (Wildman–Crippen MR) is 227 cm³/mol. The topological polar surface area (TPSA) is 132 Å². The van der Waals surface area contributed by atoms with Gasteiger partial charge in [0.25, 0.3) is 0 Å². The Hall–Kier alpha value is -5.14. The lowest BCUT2D eigenvalue weighted by molar-refractivity contribution is -0.134. The van der Waals surface area contributed by atoms with Gasteiger partial charge < -0.3 is 25.4 Å². The highest BCUT2D eigenvalue weighted by Crippen LogP contribution is 2.35. The maximum absolute atomic E-state index is 13.8. The Bertz CT molecular complexity index is 2170. The number of carbonyl (C=O) groups is 2. The van der Waals surface area contributed by atoms with Crippen molar-refractivity contribution in [2.75, 3.05) is 23.7 Å². The lowest BCUT2D eigenvalue weighted by Crippen LogP contribution is -2.49. The van der Waals surface area contributed by atoms with Gasteiger partial charge in [-0.2, -0.15) is 0 Å². The van der Waals surface area contributed by atoms with Crippen LogP contribution >= 0.6 is 22.7 Å². The number of imidazole rings is 1. The largest absolute Gasteiger partial charge is 0.350 e. The first-order valence-corrected chi connectivity index (χ1v) is 21.4. The number of aliphatic imine (C=N–C) groups is 1. The maximum atomic E-state index is 13.8. The van der Waals surface area contributed by atoms with Crippen LogP contribution in [0.1, 0.15) is 77.2 Å².